The van der Waals surface area contributed by atoms with Crippen LogP contribution in [0.2, 0.25) is 0 Å². The van der Waals surface area contributed by atoms with E-state index in [9.17, 15) is 0 Å². The molecular formula is C4H6N4S. The van der Waals surface area contributed by atoms with E-state index in [1.165, 1.54) is 11.0 Å². The first-order valence-electron chi connectivity index (χ1n) is 2.41. The highest BCUT2D eigenvalue weighted by molar-refractivity contribution is 7.80. The zero-order valence-electron chi connectivity index (χ0n) is 4.90. The molecule has 1 N–H and O–H groups in total. The summed E-state index contributed by atoms with van der Waals surface area (Å²) in [5, 5.41) is 7.10. The highest BCUT2D eigenvalue weighted by atomic mass is 32.1. The van der Waals surface area contributed by atoms with Crippen LogP contribution in [0.4, 0.5) is 0 Å². The number of nitrogens with zero attached hydrogens (tertiary/aromatic N) is 3. The zero-order valence-corrected chi connectivity index (χ0v) is 5.72. The molecule has 0 fully saturated rings. The van der Waals surface area contributed by atoms with Gasteiger partial charge in [0.1, 0.15) is 12.7 Å². The van der Waals surface area contributed by atoms with E-state index >= 15 is 0 Å². The highest BCUT2D eigenvalue weighted by Crippen LogP contribution is 1.76. The second kappa shape index (κ2) is 2.54. The number of thiocarbonyl (C=S) groups is 1. The minimum atomic E-state index is 0.549. The molecular weight excluding hydrogens is 136 g/mol. The van der Waals surface area contributed by atoms with Gasteiger partial charge in [-0.25, -0.2) is 4.98 Å². The van der Waals surface area contributed by atoms with E-state index in [2.05, 4.69) is 15.4 Å². The van der Waals surface area contributed by atoms with Gasteiger partial charge in [0.2, 0.25) is 0 Å². The van der Waals surface area contributed by atoms with Crippen LogP contribution in [0.3, 0.4) is 0 Å². The molecule has 0 aliphatic carbocycles. The summed E-state index contributed by atoms with van der Waals surface area (Å²) in [5.74, 6) is 0. The number of hydrogen-bond acceptors (Lipinski definition) is 3. The van der Waals surface area contributed by atoms with Gasteiger partial charge in [0.25, 0.3) is 0 Å². The summed E-state index contributed by atoms with van der Waals surface area (Å²) in [6.45, 7) is 0. The fourth-order valence-corrected chi connectivity index (χ4v) is 0.522. The topological polar surface area (TPSA) is 42.7 Å². The second-order valence-electron chi connectivity index (χ2n) is 1.40. The number of aromatic nitrogens is 3. The molecule has 0 saturated heterocycles. The van der Waals surface area contributed by atoms with Crippen molar-refractivity contribution in [2.24, 2.45) is 0 Å². The van der Waals surface area contributed by atoms with E-state index in [4.69, 9.17) is 12.2 Å². The third-order valence-electron chi connectivity index (χ3n) is 0.841. The Labute approximate surface area is 57.9 Å². The van der Waals surface area contributed by atoms with Crippen LogP contribution in [0.15, 0.2) is 12.7 Å². The monoisotopic (exact) mass is 142 g/mol. The predicted octanol–water partition coefficient (Wildman–Crippen LogP) is -0.369. The molecule has 0 aliphatic rings. The van der Waals surface area contributed by atoms with Gasteiger partial charge < -0.3 is 5.32 Å². The van der Waals surface area contributed by atoms with E-state index < -0.39 is 0 Å². The van der Waals surface area contributed by atoms with Gasteiger partial charge in [-0.1, -0.05) is 0 Å². The van der Waals surface area contributed by atoms with Crippen LogP contribution >= 0.6 is 12.2 Å². The average molecular weight is 142 g/mol. The molecule has 1 heterocycles. The Bertz CT molecular complexity index is 192. The van der Waals surface area contributed by atoms with Crippen molar-refractivity contribution in [3.63, 3.8) is 0 Å². The molecule has 9 heavy (non-hydrogen) atoms. The Kier molecular flexibility index (Phi) is 1.74. The van der Waals surface area contributed by atoms with E-state index in [0.717, 1.165) is 0 Å². The minimum absolute atomic E-state index is 0.549. The lowest BCUT2D eigenvalue weighted by Crippen LogP contribution is -2.24. The van der Waals surface area contributed by atoms with E-state index in [1.807, 2.05) is 0 Å². The van der Waals surface area contributed by atoms with Gasteiger partial charge in [0.05, 0.1) is 0 Å². The maximum atomic E-state index is 4.82. The van der Waals surface area contributed by atoms with E-state index in [-0.39, 0.29) is 0 Å². The zero-order chi connectivity index (χ0) is 6.69. The van der Waals surface area contributed by atoms with Crippen molar-refractivity contribution in [1.82, 2.24) is 20.1 Å². The molecule has 48 valence electrons. The largest absolute Gasteiger partial charge is 0.364 e. The first-order valence-corrected chi connectivity index (χ1v) is 2.82. The smallest absolute Gasteiger partial charge is 0.195 e. The summed E-state index contributed by atoms with van der Waals surface area (Å²) in [6.07, 6.45) is 2.97. The summed E-state index contributed by atoms with van der Waals surface area (Å²) < 4.78 is 1.48. The first-order chi connectivity index (χ1) is 4.34. The van der Waals surface area contributed by atoms with Gasteiger partial charge in [-0.05, 0) is 12.2 Å². The van der Waals surface area contributed by atoms with Crippen molar-refractivity contribution < 1.29 is 0 Å². The quantitative estimate of drug-likeness (QED) is 0.502. The summed E-state index contributed by atoms with van der Waals surface area (Å²) in [5.41, 5.74) is 0. The molecule has 0 radical (unpaired) electrons. The van der Waals surface area contributed by atoms with Crippen molar-refractivity contribution in [1.29, 1.82) is 0 Å². The lowest BCUT2D eigenvalue weighted by molar-refractivity contribution is 0.902. The number of hydrogen-bond donors (Lipinski definition) is 1. The number of nitrogens with one attached hydrogen (secondary N) is 1. The standard InChI is InChI=1S/C4H6N4S/c1-5-4(9)8-3-6-2-7-8/h2-3H,1H3,(H,5,9). The molecule has 1 aromatic heterocycles. The third kappa shape index (κ3) is 1.23. The molecule has 0 aliphatic heterocycles. The molecule has 0 spiro atoms. The van der Waals surface area contributed by atoms with Gasteiger partial charge >= 0.3 is 0 Å². The van der Waals surface area contributed by atoms with Gasteiger partial charge in [0, 0.05) is 7.05 Å². The van der Waals surface area contributed by atoms with Crippen LogP contribution in [0.5, 0.6) is 0 Å². The molecule has 1 aromatic rings. The Morgan fingerprint density at radius 3 is 3.00 bits per heavy atom. The molecule has 0 aromatic carbocycles. The SMILES string of the molecule is CNC(=S)n1cncn1. The van der Waals surface area contributed by atoms with Crippen molar-refractivity contribution in [3.05, 3.63) is 12.7 Å². The van der Waals surface area contributed by atoms with Crippen LogP contribution in [0.1, 0.15) is 0 Å². The Morgan fingerprint density at radius 2 is 2.56 bits per heavy atom. The fourth-order valence-electron chi connectivity index (χ4n) is 0.428. The normalized spacial score (nSPS) is 9.00. The summed E-state index contributed by atoms with van der Waals surface area (Å²) >= 11 is 4.82. The lowest BCUT2D eigenvalue weighted by Gasteiger charge is -1.97. The molecule has 1 rings (SSSR count). The summed E-state index contributed by atoms with van der Waals surface area (Å²) in [6, 6.07) is 0. The second-order valence-corrected chi connectivity index (χ2v) is 1.78. The van der Waals surface area contributed by atoms with Crippen LogP contribution < -0.4 is 5.32 Å². The van der Waals surface area contributed by atoms with Crippen molar-refractivity contribution in [2.75, 3.05) is 7.05 Å². The van der Waals surface area contributed by atoms with Crippen LogP contribution in [-0.2, 0) is 0 Å². The molecule has 4 nitrogen and oxygen atoms in total. The maximum Gasteiger partial charge on any atom is 0.195 e. The third-order valence-corrected chi connectivity index (χ3v) is 1.23. The Hall–Kier alpha value is -0.970. The predicted molar refractivity (Wildman–Crippen MR) is 37.1 cm³/mol. The van der Waals surface area contributed by atoms with Crippen molar-refractivity contribution in [3.8, 4) is 0 Å². The summed E-state index contributed by atoms with van der Waals surface area (Å²) in [7, 11) is 1.74. The van der Waals surface area contributed by atoms with Crippen LogP contribution in [-0.4, -0.2) is 26.9 Å². The molecule has 5 heteroatoms. The van der Waals surface area contributed by atoms with E-state index in [1.54, 1.807) is 13.4 Å². The van der Waals surface area contributed by atoms with Gasteiger partial charge in [-0.15, -0.1) is 0 Å². The maximum absolute atomic E-state index is 4.82. The average Bonchev–Trinajstić information content (AvgIpc) is 2.37. The first kappa shape index (κ1) is 6.15. The van der Waals surface area contributed by atoms with Gasteiger partial charge in [-0.3, -0.25) is 0 Å². The van der Waals surface area contributed by atoms with Crippen LogP contribution in [0, 0.1) is 0 Å². The fraction of sp³-hybridized carbons (Fsp3) is 0.250. The van der Waals surface area contributed by atoms with E-state index in [0.29, 0.717) is 5.11 Å². The van der Waals surface area contributed by atoms with Crippen LogP contribution in [0.25, 0.3) is 0 Å². The van der Waals surface area contributed by atoms with Gasteiger partial charge in [-0.2, -0.15) is 9.78 Å². The lowest BCUT2D eigenvalue weighted by atomic mass is 11.0. The van der Waals surface area contributed by atoms with Crippen molar-refractivity contribution in [2.45, 2.75) is 0 Å². The summed E-state index contributed by atoms with van der Waals surface area (Å²) in [4.78, 5) is 3.72. The van der Waals surface area contributed by atoms with Gasteiger partial charge in [0.15, 0.2) is 5.11 Å². The molecule has 0 bridgehead atoms. The Morgan fingerprint density at radius 1 is 1.78 bits per heavy atom. The van der Waals surface area contributed by atoms with Crippen molar-refractivity contribution >= 4 is 17.3 Å². The molecule has 0 amide bonds. The highest BCUT2D eigenvalue weighted by Gasteiger charge is 1.92. The molecule has 0 unspecified atom stereocenters. The molecule has 0 atom stereocenters. The number of rotatable bonds is 0. The minimum Gasteiger partial charge on any atom is -0.364 e. The molecule has 0 saturated carbocycles. The Balaban J connectivity index is 2.77.